The molecule has 2 atom stereocenters. The summed E-state index contributed by atoms with van der Waals surface area (Å²) in [4.78, 5) is 39.8. The van der Waals surface area contributed by atoms with Gasteiger partial charge in [-0.15, -0.1) is 0 Å². The number of aryl methyl sites for hydroxylation is 3. The number of carbonyl (C=O) groups excluding carboxylic acids is 1. The van der Waals surface area contributed by atoms with Crippen LogP contribution in [0.25, 0.3) is 11.6 Å². The molecule has 1 saturated carbocycles. The SMILES string of the molecule is CCc1cnc(N2CC[C@@H](N(C(=O)c3cn(-c4cn(-c5ccc(C#N)cn5)c(C)n4)c(C)n3)C3CC3)[C@@H](F)C2)nc1. The van der Waals surface area contributed by atoms with Crippen molar-refractivity contribution in [3.63, 3.8) is 0 Å². The maximum atomic E-state index is 15.7. The first-order valence-corrected chi connectivity index (χ1v) is 13.9. The van der Waals surface area contributed by atoms with E-state index in [4.69, 9.17) is 5.26 Å². The number of carbonyl (C=O) groups is 1. The van der Waals surface area contributed by atoms with Gasteiger partial charge in [0, 0.05) is 37.4 Å². The summed E-state index contributed by atoms with van der Waals surface area (Å²) in [5.41, 5.74) is 1.78. The number of pyridine rings is 1. The van der Waals surface area contributed by atoms with Gasteiger partial charge in [-0.2, -0.15) is 5.26 Å². The van der Waals surface area contributed by atoms with Crippen molar-refractivity contribution in [2.45, 2.75) is 64.7 Å². The Hall–Kier alpha value is -4.66. The van der Waals surface area contributed by atoms with Crippen molar-refractivity contribution in [2.75, 3.05) is 18.0 Å². The van der Waals surface area contributed by atoms with E-state index in [-0.39, 0.29) is 24.2 Å². The minimum atomic E-state index is -1.23. The zero-order chi connectivity index (χ0) is 28.7. The molecular formula is C29H31FN10O. The van der Waals surface area contributed by atoms with Crippen LogP contribution in [0.5, 0.6) is 0 Å². The smallest absolute Gasteiger partial charge is 0.274 e. The maximum absolute atomic E-state index is 15.7. The summed E-state index contributed by atoms with van der Waals surface area (Å²) in [7, 11) is 0. The minimum Gasteiger partial charge on any atom is -0.338 e. The molecule has 11 nitrogen and oxygen atoms in total. The van der Waals surface area contributed by atoms with Crippen LogP contribution in [-0.4, -0.2) is 76.2 Å². The monoisotopic (exact) mass is 554 g/mol. The predicted molar refractivity (Wildman–Crippen MR) is 149 cm³/mol. The van der Waals surface area contributed by atoms with Gasteiger partial charge in [0.15, 0.2) is 5.82 Å². The van der Waals surface area contributed by atoms with Crippen LogP contribution in [0.2, 0.25) is 0 Å². The molecule has 1 saturated heterocycles. The van der Waals surface area contributed by atoms with Crippen LogP contribution in [0.3, 0.4) is 0 Å². The molecular weight excluding hydrogens is 523 g/mol. The van der Waals surface area contributed by atoms with E-state index in [1.54, 1.807) is 40.2 Å². The Morgan fingerprint density at radius 1 is 1.02 bits per heavy atom. The van der Waals surface area contributed by atoms with Crippen molar-refractivity contribution in [3.8, 4) is 17.7 Å². The van der Waals surface area contributed by atoms with Gasteiger partial charge in [-0.1, -0.05) is 6.92 Å². The van der Waals surface area contributed by atoms with Crippen LogP contribution in [0, 0.1) is 25.2 Å². The molecule has 0 unspecified atom stereocenters. The fraction of sp³-hybridized carbons (Fsp3) is 0.414. The predicted octanol–water partition coefficient (Wildman–Crippen LogP) is 3.52. The van der Waals surface area contributed by atoms with Gasteiger partial charge in [0.2, 0.25) is 5.95 Å². The molecule has 12 heteroatoms. The Kier molecular flexibility index (Phi) is 6.95. The molecule has 41 heavy (non-hydrogen) atoms. The number of piperidine rings is 1. The first-order valence-electron chi connectivity index (χ1n) is 13.9. The number of alkyl halides is 1. The van der Waals surface area contributed by atoms with Crippen LogP contribution < -0.4 is 4.90 Å². The summed E-state index contributed by atoms with van der Waals surface area (Å²) >= 11 is 0. The molecule has 6 rings (SSSR count). The van der Waals surface area contributed by atoms with Crippen LogP contribution in [0.1, 0.15) is 59.5 Å². The zero-order valence-electron chi connectivity index (χ0n) is 23.3. The van der Waals surface area contributed by atoms with E-state index in [0.29, 0.717) is 47.8 Å². The lowest BCUT2D eigenvalue weighted by atomic mass is 10.0. The molecule has 0 aromatic carbocycles. The molecule has 5 heterocycles. The highest BCUT2D eigenvalue weighted by atomic mass is 19.1. The van der Waals surface area contributed by atoms with Gasteiger partial charge in [-0.3, -0.25) is 13.9 Å². The van der Waals surface area contributed by atoms with Gasteiger partial charge in [-0.25, -0.2) is 29.3 Å². The van der Waals surface area contributed by atoms with Crippen molar-refractivity contribution in [1.29, 1.82) is 5.26 Å². The van der Waals surface area contributed by atoms with E-state index in [1.807, 2.05) is 36.4 Å². The van der Waals surface area contributed by atoms with Gasteiger partial charge in [0.1, 0.15) is 35.4 Å². The lowest BCUT2D eigenvalue weighted by molar-refractivity contribution is 0.0481. The van der Waals surface area contributed by atoms with Crippen LogP contribution in [-0.2, 0) is 6.42 Å². The minimum absolute atomic E-state index is 0.0201. The lowest BCUT2D eigenvalue weighted by Gasteiger charge is -2.40. The number of amides is 1. The largest absolute Gasteiger partial charge is 0.338 e. The molecule has 0 spiro atoms. The van der Waals surface area contributed by atoms with Crippen LogP contribution in [0.4, 0.5) is 10.3 Å². The second-order valence-electron chi connectivity index (χ2n) is 10.6. The number of hydrogen-bond donors (Lipinski definition) is 0. The van der Waals surface area contributed by atoms with Crippen LogP contribution >= 0.6 is 0 Å². The molecule has 2 aliphatic rings. The number of imidazole rings is 2. The van der Waals surface area contributed by atoms with Crippen molar-refractivity contribution >= 4 is 11.9 Å². The van der Waals surface area contributed by atoms with Gasteiger partial charge >= 0.3 is 0 Å². The summed E-state index contributed by atoms with van der Waals surface area (Å²) in [6, 6.07) is 5.01. The number of nitrogens with zero attached hydrogens (tertiary/aromatic N) is 10. The molecule has 0 N–H and O–H groups in total. The van der Waals surface area contributed by atoms with E-state index in [9.17, 15) is 4.79 Å². The molecule has 210 valence electrons. The van der Waals surface area contributed by atoms with E-state index in [1.165, 1.54) is 6.20 Å². The Balaban J connectivity index is 1.21. The molecule has 1 aliphatic heterocycles. The average Bonchev–Trinajstić information content (AvgIpc) is 3.64. The first-order chi connectivity index (χ1) is 19.9. The Morgan fingerprint density at radius 3 is 2.39 bits per heavy atom. The summed E-state index contributed by atoms with van der Waals surface area (Å²) in [6.45, 7) is 6.42. The third kappa shape index (κ3) is 5.15. The van der Waals surface area contributed by atoms with E-state index < -0.39 is 12.2 Å². The third-order valence-corrected chi connectivity index (χ3v) is 7.76. The Labute approximate surface area is 237 Å². The standard InChI is InChI=1S/C29H31FN10O/c1-4-20-12-33-29(34-13-20)37-10-9-25(23(30)15-37)40(22-6-7-22)28(41)24-16-38(18(2)35-24)27-17-39(19(3)36-27)26-8-5-21(11-31)14-32-26/h5,8,12-14,16-17,22-23,25H,4,6-7,9-10,15H2,1-3H3/t23-,25+/m0/s1. The number of nitriles is 1. The van der Waals surface area contributed by atoms with E-state index in [2.05, 4.69) is 31.0 Å². The quantitative estimate of drug-likeness (QED) is 0.340. The number of aromatic nitrogens is 7. The number of rotatable bonds is 7. The number of hydrogen-bond acceptors (Lipinski definition) is 8. The highest BCUT2D eigenvalue weighted by Crippen LogP contribution is 2.34. The topological polar surface area (TPSA) is 122 Å². The van der Waals surface area contributed by atoms with E-state index in [0.717, 1.165) is 24.8 Å². The highest BCUT2D eigenvalue weighted by Gasteiger charge is 2.44. The lowest BCUT2D eigenvalue weighted by Crippen LogP contribution is -2.55. The molecule has 2 fully saturated rings. The molecule has 4 aromatic heterocycles. The van der Waals surface area contributed by atoms with E-state index >= 15 is 4.39 Å². The second kappa shape index (κ2) is 10.7. The summed E-state index contributed by atoms with van der Waals surface area (Å²) in [5.74, 6) is 2.76. The van der Waals surface area contributed by atoms with Gasteiger partial charge in [0.05, 0.1) is 24.3 Å². The normalized spacial score (nSPS) is 18.8. The number of anilines is 1. The number of halogens is 1. The van der Waals surface area contributed by atoms with Crippen LogP contribution in [0.15, 0.2) is 43.1 Å². The van der Waals surface area contributed by atoms with Crippen molar-refractivity contribution in [3.05, 3.63) is 71.6 Å². The Morgan fingerprint density at radius 2 is 1.76 bits per heavy atom. The first kappa shape index (κ1) is 26.6. The summed E-state index contributed by atoms with van der Waals surface area (Å²) in [6.07, 6.45) is 10.4. The molecule has 0 radical (unpaired) electrons. The van der Waals surface area contributed by atoms with Gasteiger partial charge in [0.25, 0.3) is 5.91 Å². The maximum Gasteiger partial charge on any atom is 0.274 e. The van der Waals surface area contributed by atoms with Crippen molar-refractivity contribution in [1.82, 2.24) is 39.0 Å². The molecule has 4 aromatic rings. The summed E-state index contributed by atoms with van der Waals surface area (Å²) < 4.78 is 19.3. The molecule has 1 aliphatic carbocycles. The molecule has 0 bridgehead atoms. The molecule has 1 amide bonds. The van der Waals surface area contributed by atoms with Crippen molar-refractivity contribution in [2.24, 2.45) is 0 Å². The zero-order valence-corrected chi connectivity index (χ0v) is 23.3. The average molecular weight is 555 g/mol. The highest BCUT2D eigenvalue weighted by molar-refractivity contribution is 5.93. The Bertz CT molecular complexity index is 1600. The van der Waals surface area contributed by atoms with Crippen molar-refractivity contribution < 1.29 is 9.18 Å². The second-order valence-corrected chi connectivity index (χ2v) is 10.6. The third-order valence-electron chi connectivity index (χ3n) is 7.76. The van der Waals surface area contributed by atoms with Gasteiger partial charge < -0.3 is 9.80 Å². The fourth-order valence-corrected chi connectivity index (χ4v) is 5.36. The van der Waals surface area contributed by atoms with Gasteiger partial charge in [-0.05, 0) is 57.2 Å². The fourth-order valence-electron chi connectivity index (χ4n) is 5.36. The summed E-state index contributed by atoms with van der Waals surface area (Å²) in [5, 5.41) is 9.06.